The van der Waals surface area contributed by atoms with Gasteiger partial charge in [0.2, 0.25) is 0 Å². The summed E-state index contributed by atoms with van der Waals surface area (Å²) in [6.45, 7) is 1.82. The predicted molar refractivity (Wildman–Crippen MR) is 60.8 cm³/mol. The van der Waals surface area contributed by atoms with E-state index >= 15 is 0 Å². The van der Waals surface area contributed by atoms with Crippen molar-refractivity contribution in [1.82, 2.24) is 0 Å². The zero-order valence-corrected chi connectivity index (χ0v) is 10.2. The van der Waals surface area contributed by atoms with Gasteiger partial charge in [0.05, 0.1) is 5.69 Å². The summed E-state index contributed by atoms with van der Waals surface area (Å²) in [5.41, 5.74) is 9.47. The summed E-state index contributed by atoms with van der Waals surface area (Å²) in [4.78, 5) is 13.1. The molecule has 0 bridgehead atoms. The fourth-order valence-electron chi connectivity index (χ4n) is 0.901. The van der Waals surface area contributed by atoms with Gasteiger partial charge in [-0.2, -0.15) is 0 Å². The first-order chi connectivity index (χ1) is 6.61. The number of nitroso groups, excluding NO2 is 1. The second-order valence-electron chi connectivity index (χ2n) is 2.45. The van der Waals surface area contributed by atoms with Crippen LogP contribution in [0.5, 0.6) is 0 Å². The molecule has 0 heterocycles. The lowest BCUT2D eigenvalue weighted by Gasteiger charge is -2.05. The molecule has 72 valence electrons. The van der Waals surface area contributed by atoms with Gasteiger partial charge in [0.25, 0.3) is 0 Å². The summed E-state index contributed by atoms with van der Waals surface area (Å²) in [6.07, 6.45) is 0. The van der Waals surface area contributed by atoms with E-state index in [-0.39, 0.29) is 11.4 Å². The normalized spacial score (nSPS) is 9.36. The number of hydrogen-bond donors (Lipinski definition) is 0. The summed E-state index contributed by atoms with van der Waals surface area (Å²) >= 11 is 6.49. The Morgan fingerprint density at radius 3 is 2.64 bits per heavy atom. The first-order valence-electron chi connectivity index (χ1n) is 3.49. The molecule has 0 fully saturated rings. The van der Waals surface area contributed by atoms with Crippen molar-refractivity contribution in [1.29, 1.82) is 0 Å². The quantitative estimate of drug-likeness (QED) is 0.332. The number of hydrogen-bond acceptors (Lipinski definition) is 3. The van der Waals surface area contributed by atoms with Gasteiger partial charge in [-0.3, -0.25) is 0 Å². The van der Waals surface area contributed by atoms with Crippen molar-refractivity contribution in [3.8, 4) is 0 Å². The number of rotatable bonds is 2. The van der Waals surface area contributed by atoms with E-state index in [0.717, 1.165) is 10.0 Å². The zero-order valence-electron chi connectivity index (χ0n) is 7.03. The van der Waals surface area contributed by atoms with Gasteiger partial charge in [-0.25, -0.2) is 0 Å². The Balaban J connectivity index is 3.60. The molecular weight excluding hydrogens is 316 g/mol. The highest BCUT2D eigenvalue weighted by molar-refractivity contribution is 9.11. The maximum absolute atomic E-state index is 10.4. The largest absolute Gasteiger partial charge is 0.145 e. The fourth-order valence-corrected chi connectivity index (χ4v) is 2.08. The topological polar surface area (TPSA) is 78.2 Å². The van der Waals surface area contributed by atoms with Crippen LogP contribution < -0.4 is 0 Å². The third kappa shape index (κ3) is 1.95. The first-order valence-corrected chi connectivity index (χ1v) is 5.07. The third-order valence-electron chi connectivity index (χ3n) is 1.64. The monoisotopic (exact) mass is 318 g/mol. The van der Waals surface area contributed by atoms with Gasteiger partial charge in [-0.1, -0.05) is 21.0 Å². The van der Waals surface area contributed by atoms with Gasteiger partial charge < -0.3 is 0 Å². The Hall–Kier alpha value is -0.910. The van der Waals surface area contributed by atoms with E-state index < -0.39 is 0 Å². The minimum Gasteiger partial charge on any atom is -0.145 e. The predicted octanol–water partition coefficient (Wildman–Crippen LogP) is 4.86. The van der Waals surface area contributed by atoms with E-state index in [9.17, 15) is 4.91 Å². The number of nitrogens with zero attached hydrogens (tertiary/aromatic N) is 4. The number of azide groups is 1. The second kappa shape index (κ2) is 4.54. The molecule has 1 aromatic carbocycles. The van der Waals surface area contributed by atoms with Gasteiger partial charge in [0.1, 0.15) is 5.69 Å². The van der Waals surface area contributed by atoms with Crippen molar-refractivity contribution in [2.75, 3.05) is 0 Å². The highest BCUT2D eigenvalue weighted by Crippen LogP contribution is 2.41. The molecule has 0 saturated carbocycles. The molecule has 0 unspecified atom stereocenters. The summed E-state index contributed by atoms with van der Waals surface area (Å²) in [5.74, 6) is 0. The maximum Gasteiger partial charge on any atom is 0.119 e. The molecule has 0 aliphatic rings. The maximum atomic E-state index is 10.4. The van der Waals surface area contributed by atoms with Crippen LogP contribution in [0.3, 0.4) is 0 Å². The van der Waals surface area contributed by atoms with Crippen molar-refractivity contribution < 1.29 is 0 Å². The van der Waals surface area contributed by atoms with E-state index in [0.29, 0.717) is 4.47 Å². The SMILES string of the molecule is Cc1c(Br)cc(N=O)c(N=[N+]=[N-])c1Br. The Bertz CT molecular complexity index is 440. The van der Waals surface area contributed by atoms with Crippen LogP contribution in [-0.4, -0.2) is 0 Å². The molecule has 0 aliphatic heterocycles. The van der Waals surface area contributed by atoms with E-state index in [1.807, 2.05) is 6.92 Å². The van der Waals surface area contributed by atoms with Gasteiger partial charge >= 0.3 is 0 Å². The molecule has 1 rings (SSSR count). The molecule has 0 saturated heterocycles. The summed E-state index contributed by atoms with van der Waals surface area (Å²) < 4.78 is 1.30. The van der Waals surface area contributed by atoms with Gasteiger partial charge in [-0.05, 0) is 45.2 Å². The van der Waals surface area contributed by atoms with Crippen LogP contribution in [0.4, 0.5) is 11.4 Å². The number of halogens is 2. The van der Waals surface area contributed by atoms with Crippen LogP contribution in [0.15, 0.2) is 25.3 Å². The van der Waals surface area contributed by atoms with Crippen molar-refractivity contribution in [2.45, 2.75) is 6.92 Å². The summed E-state index contributed by atoms with van der Waals surface area (Å²) in [5, 5.41) is 6.18. The van der Waals surface area contributed by atoms with Gasteiger partial charge in [-0.15, -0.1) is 4.91 Å². The highest BCUT2D eigenvalue weighted by atomic mass is 79.9. The second-order valence-corrected chi connectivity index (χ2v) is 4.09. The molecule has 0 atom stereocenters. The number of benzene rings is 1. The van der Waals surface area contributed by atoms with Gasteiger partial charge in [0, 0.05) is 13.9 Å². The van der Waals surface area contributed by atoms with Crippen LogP contribution in [-0.2, 0) is 0 Å². The first kappa shape index (κ1) is 11.2. The smallest absolute Gasteiger partial charge is 0.119 e. The molecule has 1 aromatic rings. The van der Waals surface area contributed by atoms with Gasteiger partial charge in [0.15, 0.2) is 0 Å². The summed E-state index contributed by atoms with van der Waals surface area (Å²) in [7, 11) is 0. The van der Waals surface area contributed by atoms with E-state index in [1.165, 1.54) is 6.07 Å². The average molecular weight is 320 g/mol. The summed E-state index contributed by atoms with van der Waals surface area (Å²) in [6, 6.07) is 1.51. The van der Waals surface area contributed by atoms with E-state index in [1.54, 1.807) is 0 Å². The Morgan fingerprint density at radius 1 is 1.50 bits per heavy atom. The standard InChI is InChI=1S/C7H4Br2N4O/c1-3-4(8)2-5(12-14)7(6(3)9)11-13-10/h2H,1H3. The highest BCUT2D eigenvalue weighted by Gasteiger charge is 2.11. The Labute approximate surface area is 96.4 Å². The fraction of sp³-hybridized carbons (Fsp3) is 0.143. The van der Waals surface area contributed by atoms with Crippen LogP contribution in [0.25, 0.3) is 10.4 Å². The molecule has 0 aromatic heterocycles. The van der Waals surface area contributed by atoms with Crippen LogP contribution in [0.2, 0.25) is 0 Å². The Morgan fingerprint density at radius 2 is 2.14 bits per heavy atom. The molecule has 0 amide bonds. The zero-order chi connectivity index (χ0) is 10.7. The van der Waals surface area contributed by atoms with Crippen LogP contribution in [0.1, 0.15) is 5.56 Å². The van der Waals surface area contributed by atoms with Crippen molar-refractivity contribution in [3.05, 3.63) is 35.9 Å². The van der Waals surface area contributed by atoms with Crippen LogP contribution in [0, 0.1) is 11.8 Å². The minimum atomic E-state index is 0.104. The lowest BCUT2D eigenvalue weighted by Crippen LogP contribution is -1.80. The van der Waals surface area contributed by atoms with E-state index in [4.69, 9.17) is 5.53 Å². The molecule has 0 aliphatic carbocycles. The average Bonchev–Trinajstić information content (AvgIpc) is 2.19. The van der Waals surface area contributed by atoms with Crippen molar-refractivity contribution in [2.24, 2.45) is 10.3 Å². The lowest BCUT2D eigenvalue weighted by molar-refractivity contribution is 1.32. The third-order valence-corrected chi connectivity index (χ3v) is 3.44. The lowest BCUT2D eigenvalue weighted by atomic mass is 10.2. The van der Waals surface area contributed by atoms with Crippen molar-refractivity contribution >= 4 is 43.2 Å². The molecule has 7 heteroatoms. The molecule has 0 N–H and O–H groups in total. The molecular formula is C7H4Br2N4O. The Kier molecular flexibility index (Phi) is 3.62. The molecule has 14 heavy (non-hydrogen) atoms. The van der Waals surface area contributed by atoms with Crippen LogP contribution >= 0.6 is 31.9 Å². The molecule has 0 radical (unpaired) electrons. The van der Waals surface area contributed by atoms with E-state index in [2.05, 4.69) is 47.1 Å². The van der Waals surface area contributed by atoms with Crippen molar-refractivity contribution in [3.63, 3.8) is 0 Å². The molecule has 0 spiro atoms. The minimum absolute atomic E-state index is 0.104. The molecule has 5 nitrogen and oxygen atoms in total.